The number of piperidine rings is 1. The van der Waals surface area contributed by atoms with Crippen LogP contribution >= 0.6 is 0 Å². The highest BCUT2D eigenvalue weighted by Crippen LogP contribution is 2.49. The second-order valence-corrected chi connectivity index (χ2v) is 15.4. The molecule has 0 saturated carbocycles. The summed E-state index contributed by atoms with van der Waals surface area (Å²) in [6.45, 7) is 5.31. The number of alkyl halides is 3. The highest BCUT2D eigenvalue weighted by Gasteiger charge is 2.42. The largest absolute Gasteiger partial charge is 0.508 e. The van der Waals surface area contributed by atoms with E-state index in [-0.39, 0.29) is 36.2 Å². The van der Waals surface area contributed by atoms with E-state index in [1.54, 1.807) is 11.0 Å². The number of phenols is 1. The number of rotatable bonds is 11. The van der Waals surface area contributed by atoms with Crippen LogP contribution in [-0.4, -0.2) is 84.6 Å². The zero-order valence-corrected chi connectivity index (χ0v) is 31.8. The van der Waals surface area contributed by atoms with Crippen LogP contribution in [0, 0.1) is 5.82 Å². The van der Waals surface area contributed by atoms with Crippen molar-refractivity contribution in [2.45, 2.75) is 62.7 Å². The van der Waals surface area contributed by atoms with Crippen molar-refractivity contribution < 1.29 is 46.5 Å². The molecule has 1 unspecified atom stereocenters. The lowest BCUT2D eigenvalue weighted by Gasteiger charge is -2.36. The van der Waals surface area contributed by atoms with Crippen LogP contribution in [-0.2, 0) is 22.3 Å². The lowest BCUT2D eigenvalue weighted by Crippen LogP contribution is -2.52. The molecule has 3 amide bonds. The Morgan fingerprint density at radius 3 is 2.40 bits per heavy atom. The van der Waals surface area contributed by atoms with Crippen LogP contribution in [0.1, 0.15) is 82.1 Å². The Labute approximate surface area is 333 Å². The van der Waals surface area contributed by atoms with Crippen molar-refractivity contribution >= 4 is 23.4 Å². The number of nitrogens with zero attached hydrogens (tertiary/aromatic N) is 3. The second kappa shape index (κ2) is 16.3. The minimum Gasteiger partial charge on any atom is -0.508 e. The number of carbonyl (C=O) groups excluding carboxylic acids is 3. The van der Waals surface area contributed by atoms with E-state index in [9.17, 15) is 37.1 Å². The fourth-order valence-corrected chi connectivity index (χ4v) is 8.74. The molecule has 2 saturated heterocycles. The molecule has 4 aromatic carbocycles. The van der Waals surface area contributed by atoms with Crippen LogP contribution in [0.3, 0.4) is 0 Å². The first-order valence-electron chi connectivity index (χ1n) is 19.7. The smallest absolute Gasteiger partial charge is 0.416 e. The number of hydrogen-bond donors (Lipinski definition) is 2. The average molecular weight is 801 g/mol. The lowest BCUT2D eigenvalue weighted by molar-refractivity contribution is -0.139. The molecular weight excluding hydrogens is 756 g/mol. The number of ether oxygens (including phenoxy) is 2. The van der Waals surface area contributed by atoms with E-state index >= 15 is 0 Å². The van der Waals surface area contributed by atoms with Crippen molar-refractivity contribution in [1.82, 2.24) is 15.1 Å². The maximum absolute atomic E-state index is 14.1. The van der Waals surface area contributed by atoms with Gasteiger partial charge in [-0.1, -0.05) is 24.3 Å². The van der Waals surface area contributed by atoms with Crippen LogP contribution in [0.2, 0.25) is 0 Å². The summed E-state index contributed by atoms with van der Waals surface area (Å²) in [4.78, 5) is 43.4. The topological polar surface area (TPSA) is 112 Å². The van der Waals surface area contributed by atoms with Gasteiger partial charge in [-0.25, -0.2) is 4.39 Å². The summed E-state index contributed by atoms with van der Waals surface area (Å²) in [6.07, 6.45) is -1.34. The number of halogens is 4. The lowest BCUT2D eigenvalue weighted by atomic mass is 9.74. The fourth-order valence-electron chi connectivity index (χ4n) is 8.74. The van der Waals surface area contributed by atoms with Gasteiger partial charge in [-0.05, 0) is 97.4 Å². The zero-order valence-electron chi connectivity index (χ0n) is 31.8. The van der Waals surface area contributed by atoms with E-state index in [1.165, 1.54) is 18.2 Å². The van der Waals surface area contributed by atoms with Crippen molar-refractivity contribution in [2.75, 3.05) is 50.8 Å². The standard InChI is InChI=1S/C44H44F4N4O6/c45-29-6-11-34(37(23-29)44(46,47)48)36-26-58-39-24-31(53)8-13-35(39)41(36)27-4-9-32(10-5-27)57-21-3-1-2-16-50-17-19-51(20-18-50)30-7-12-33-28(22-30)25-52(43(33)56)38-14-15-40(54)49-42(38)55/h4-13,22-24,36,38,41,53H,1-3,14-21,25-26H2,(H,49,54,55)/t36-,38?,41-/m0/s1. The molecule has 4 aromatic rings. The van der Waals surface area contributed by atoms with E-state index in [0.717, 1.165) is 74.9 Å². The van der Waals surface area contributed by atoms with Crippen molar-refractivity contribution in [3.8, 4) is 17.2 Å². The minimum atomic E-state index is -4.76. The fraction of sp³-hybridized carbons (Fsp3) is 0.386. The van der Waals surface area contributed by atoms with E-state index in [4.69, 9.17) is 9.47 Å². The van der Waals surface area contributed by atoms with Crippen molar-refractivity contribution in [3.05, 3.63) is 118 Å². The average Bonchev–Trinajstić information content (AvgIpc) is 3.53. The Morgan fingerprint density at radius 1 is 0.862 bits per heavy atom. The van der Waals surface area contributed by atoms with Crippen molar-refractivity contribution in [3.63, 3.8) is 0 Å². The number of fused-ring (bicyclic) bond motifs is 2. The summed E-state index contributed by atoms with van der Waals surface area (Å²) in [5.74, 6) is -2.16. The Morgan fingerprint density at radius 2 is 1.64 bits per heavy atom. The summed E-state index contributed by atoms with van der Waals surface area (Å²) in [6, 6.07) is 19.9. The number of benzene rings is 4. The number of anilines is 1. The van der Waals surface area contributed by atoms with Gasteiger partial charge in [0.2, 0.25) is 11.8 Å². The summed E-state index contributed by atoms with van der Waals surface area (Å²) in [5, 5.41) is 12.4. The quantitative estimate of drug-likeness (QED) is 0.0950. The van der Waals surface area contributed by atoms with Crippen LogP contribution < -0.4 is 19.7 Å². The van der Waals surface area contributed by atoms with Crippen LogP contribution in [0.5, 0.6) is 17.2 Å². The zero-order chi connectivity index (χ0) is 40.6. The SMILES string of the molecule is O=C1CCC(N2Cc3cc(N4CCN(CCCCCOc5ccc([C@H]6c7ccc(O)cc7OC[C@H]6c6ccc(F)cc6C(F)(F)F)cc5)CC4)ccc3C2=O)C(=O)N1. The van der Waals surface area contributed by atoms with Gasteiger partial charge in [-0.2, -0.15) is 13.2 Å². The van der Waals surface area contributed by atoms with Crippen LogP contribution in [0.25, 0.3) is 0 Å². The molecule has 14 heteroatoms. The van der Waals surface area contributed by atoms with Gasteiger partial charge < -0.3 is 24.4 Å². The maximum atomic E-state index is 14.1. The van der Waals surface area contributed by atoms with Crippen LogP contribution in [0.15, 0.2) is 78.9 Å². The number of aromatic hydroxyl groups is 1. The summed E-state index contributed by atoms with van der Waals surface area (Å²) < 4.78 is 68.2. The van der Waals surface area contributed by atoms with Gasteiger partial charge >= 0.3 is 6.18 Å². The molecule has 2 fully saturated rings. The molecule has 4 aliphatic rings. The number of phenolic OH excluding ortho intramolecular Hbond substituents is 1. The molecule has 2 N–H and O–H groups in total. The van der Waals surface area contributed by atoms with Gasteiger partial charge in [0.25, 0.3) is 5.91 Å². The number of imide groups is 1. The van der Waals surface area contributed by atoms with E-state index in [1.807, 2.05) is 36.4 Å². The monoisotopic (exact) mass is 800 g/mol. The summed E-state index contributed by atoms with van der Waals surface area (Å²) >= 11 is 0. The molecule has 0 aliphatic carbocycles. The normalized spacial score (nSPS) is 21.0. The molecule has 3 atom stereocenters. The molecule has 8 rings (SSSR count). The molecule has 10 nitrogen and oxygen atoms in total. The first-order chi connectivity index (χ1) is 27.9. The van der Waals surface area contributed by atoms with Gasteiger partial charge in [0, 0.05) is 73.9 Å². The third-order valence-corrected chi connectivity index (χ3v) is 11.7. The van der Waals surface area contributed by atoms with E-state index in [2.05, 4.69) is 21.2 Å². The molecule has 58 heavy (non-hydrogen) atoms. The van der Waals surface area contributed by atoms with Gasteiger partial charge in [0.05, 0.1) is 18.8 Å². The summed E-state index contributed by atoms with van der Waals surface area (Å²) in [7, 11) is 0. The first-order valence-corrected chi connectivity index (χ1v) is 19.7. The highest BCUT2D eigenvalue weighted by molar-refractivity contribution is 6.05. The minimum absolute atomic E-state index is 0.0184. The predicted molar refractivity (Wildman–Crippen MR) is 207 cm³/mol. The predicted octanol–water partition coefficient (Wildman–Crippen LogP) is 6.99. The number of piperazine rings is 1. The van der Waals surface area contributed by atoms with Crippen LogP contribution in [0.4, 0.5) is 23.2 Å². The Bertz CT molecular complexity index is 2190. The number of nitrogens with one attached hydrogen (secondary N) is 1. The Hall–Kier alpha value is -5.63. The Balaban J connectivity index is 0.804. The van der Waals surface area contributed by atoms with Gasteiger partial charge in [0.1, 0.15) is 29.1 Å². The molecule has 0 aromatic heterocycles. The number of carbonyl (C=O) groups is 3. The summed E-state index contributed by atoms with van der Waals surface area (Å²) in [5.41, 5.74) is 2.85. The first kappa shape index (κ1) is 39.2. The van der Waals surface area contributed by atoms with E-state index in [0.29, 0.717) is 48.3 Å². The van der Waals surface area contributed by atoms with E-state index < -0.39 is 41.3 Å². The van der Waals surface area contributed by atoms with Gasteiger partial charge in [-0.3, -0.25) is 24.6 Å². The second-order valence-electron chi connectivity index (χ2n) is 15.4. The molecule has 4 heterocycles. The molecule has 304 valence electrons. The van der Waals surface area contributed by atoms with Crippen molar-refractivity contribution in [1.29, 1.82) is 0 Å². The molecular formula is C44H44F4N4O6. The van der Waals surface area contributed by atoms with Gasteiger partial charge in [0.15, 0.2) is 0 Å². The maximum Gasteiger partial charge on any atom is 0.416 e. The number of unbranched alkanes of at least 4 members (excludes halogenated alkanes) is 2. The third kappa shape index (κ3) is 8.20. The molecule has 4 aliphatic heterocycles. The number of amides is 3. The van der Waals surface area contributed by atoms with Crippen molar-refractivity contribution in [2.24, 2.45) is 0 Å². The molecule has 0 radical (unpaired) electrons. The third-order valence-electron chi connectivity index (χ3n) is 11.7. The van der Waals surface area contributed by atoms with Gasteiger partial charge in [-0.15, -0.1) is 0 Å². The Kier molecular flexibility index (Phi) is 11.0. The molecule has 0 bridgehead atoms. The molecule has 0 spiro atoms. The highest BCUT2D eigenvalue weighted by atomic mass is 19.4. The number of hydrogen-bond acceptors (Lipinski definition) is 8.